The van der Waals surface area contributed by atoms with E-state index < -0.39 is 17.3 Å². The van der Waals surface area contributed by atoms with Gasteiger partial charge >= 0.3 is 5.97 Å². The maximum Gasteiger partial charge on any atom is 0.320 e. The van der Waals surface area contributed by atoms with Crippen LogP contribution in [-0.2, 0) is 14.3 Å². The fourth-order valence-corrected chi connectivity index (χ4v) is 4.81. The van der Waals surface area contributed by atoms with E-state index in [4.69, 9.17) is 4.74 Å². The van der Waals surface area contributed by atoms with Crippen molar-refractivity contribution in [3.05, 3.63) is 83.4 Å². The zero-order valence-corrected chi connectivity index (χ0v) is 15.8. The molecule has 1 fully saturated rings. The first-order valence-electron chi connectivity index (χ1n) is 9.63. The average molecular weight is 374 g/mol. The number of ketones is 2. The molecule has 3 atom stereocenters. The van der Waals surface area contributed by atoms with Gasteiger partial charge in [0.05, 0.1) is 6.61 Å². The molecule has 0 spiro atoms. The van der Waals surface area contributed by atoms with Crippen LogP contribution < -0.4 is 0 Å². The summed E-state index contributed by atoms with van der Waals surface area (Å²) in [6, 6.07) is 18.5. The number of ether oxygens (including phenoxy) is 1. The van der Waals surface area contributed by atoms with Crippen LogP contribution in [0.5, 0.6) is 0 Å². The van der Waals surface area contributed by atoms with E-state index in [-0.39, 0.29) is 30.5 Å². The molecule has 2 aliphatic rings. The lowest BCUT2D eigenvalue weighted by molar-refractivity contribution is -0.153. The Balaban J connectivity index is 1.92. The normalized spacial score (nSPS) is 25.9. The average Bonchev–Trinajstić information content (AvgIpc) is 3.22. The summed E-state index contributed by atoms with van der Waals surface area (Å²) >= 11 is 0. The summed E-state index contributed by atoms with van der Waals surface area (Å²) in [4.78, 5) is 39.2. The van der Waals surface area contributed by atoms with E-state index in [1.807, 2.05) is 36.4 Å². The largest absolute Gasteiger partial charge is 0.465 e. The van der Waals surface area contributed by atoms with Crippen molar-refractivity contribution in [2.75, 3.05) is 6.61 Å². The lowest BCUT2D eigenvalue weighted by Gasteiger charge is -2.34. The molecule has 4 rings (SSSR count). The predicted molar refractivity (Wildman–Crippen MR) is 105 cm³/mol. The molecule has 0 bridgehead atoms. The van der Waals surface area contributed by atoms with Crippen LogP contribution in [0.1, 0.15) is 41.6 Å². The van der Waals surface area contributed by atoms with E-state index in [0.29, 0.717) is 12.0 Å². The van der Waals surface area contributed by atoms with Gasteiger partial charge in [-0.15, -0.1) is 0 Å². The van der Waals surface area contributed by atoms with Crippen LogP contribution in [0.4, 0.5) is 0 Å². The van der Waals surface area contributed by atoms with E-state index >= 15 is 0 Å². The molecule has 2 aliphatic carbocycles. The number of fused-ring (bicyclic) bond motifs is 1. The van der Waals surface area contributed by atoms with E-state index in [2.05, 4.69) is 0 Å². The third kappa shape index (κ3) is 2.80. The smallest absolute Gasteiger partial charge is 0.320 e. The minimum absolute atomic E-state index is 0.0607. The molecule has 0 aromatic heterocycles. The lowest BCUT2D eigenvalue weighted by atomic mass is 9.67. The summed E-state index contributed by atoms with van der Waals surface area (Å²) in [5.74, 6) is -1.24. The number of benzene rings is 2. The van der Waals surface area contributed by atoms with Crippen molar-refractivity contribution in [3.63, 3.8) is 0 Å². The maximum atomic E-state index is 13.8. The van der Waals surface area contributed by atoms with E-state index in [1.165, 1.54) is 0 Å². The third-order valence-corrected chi connectivity index (χ3v) is 5.90. The van der Waals surface area contributed by atoms with Gasteiger partial charge in [0.15, 0.2) is 11.6 Å². The molecule has 2 aromatic rings. The van der Waals surface area contributed by atoms with Crippen molar-refractivity contribution >= 4 is 17.5 Å². The summed E-state index contributed by atoms with van der Waals surface area (Å²) < 4.78 is 5.44. The molecular formula is C24H22O4. The van der Waals surface area contributed by atoms with Crippen LogP contribution in [0.25, 0.3) is 0 Å². The maximum absolute atomic E-state index is 13.8. The number of rotatable bonds is 5. The lowest BCUT2D eigenvalue weighted by Crippen LogP contribution is -2.44. The summed E-state index contributed by atoms with van der Waals surface area (Å²) in [6.45, 7) is 1.95. The molecule has 4 nitrogen and oxygen atoms in total. The molecule has 0 aliphatic heterocycles. The number of hydrogen-bond donors (Lipinski definition) is 0. The van der Waals surface area contributed by atoms with Crippen molar-refractivity contribution in [1.82, 2.24) is 0 Å². The second kappa shape index (κ2) is 7.19. The molecule has 142 valence electrons. The highest BCUT2D eigenvalue weighted by Crippen LogP contribution is 2.60. The zero-order valence-electron chi connectivity index (χ0n) is 15.8. The van der Waals surface area contributed by atoms with Crippen LogP contribution in [0.2, 0.25) is 0 Å². The molecule has 0 radical (unpaired) electrons. The topological polar surface area (TPSA) is 60.4 Å². The highest BCUT2D eigenvalue weighted by molar-refractivity contribution is 6.14. The molecule has 28 heavy (non-hydrogen) atoms. The van der Waals surface area contributed by atoms with Gasteiger partial charge in [-0.1, -0.05) is 66.2 Å². The summed E-state index contributed by atoms with van der Waals surface area (Å²) in [5, 5.41) is 0. The zero-order chi connectivity index (χ0) is 19.7. The molecular weight excluding hydrogens is 352 g/mol. The van der Waals surface area contributed by atoms with E-state index in [0.717, 1.165) is 11.1 Å². The number of esters is 1. The monoisotopic (exact) mass is 374 g/mol. The van der Waals surface area contributed by atoms with Crippen LogP contribution in [0.15, 0.2) is 72.3 Å². The van der Waals surface area contributed by atoms with Gasteiger partial charge in [0.2, 0.25) is 0 Å². The van der Waals surface area contributed by atoms with Crippen molar-refractivity contribution in [2.24, 2.45) is 11.3 Å². The predicted octanol–water partition coefficient (Wildman–Crippen LogP) is 4.12. The van der Waals surface area contributed by atoms with Crippen LogP contribution in [-0.4, -0.2) is 24.1 Å². The highest BCUT2D eigenvalue weighted by Gasteiger charge is 2.62. The number of Topliss-reactive ketones (excluding diaryl/α,β-unsaturated/α-hetero) is 1. The Morgan fingerprint density at radius 2 is 1.68 bits per heavy atom. The van der Waals surface area contributed by atoms with Gasteiger partial charge in [-0.25, -0.2) is 0 Å². The quantitative estimate of drug-likeness (QED) is 0.449. The van der Waals surface area contributed by atoms with Crippen LogP contribution in [0.3, 0.4) is 0 Å². The summed E-state index contributed by atoms with van der Waals surface area (Å²) in [5.41, 5.74) is 0.915. The Hall–Kier alpha value is -3.01. The second-order valence-electron chi connectivity index (χ2n) is 7.45. The molecule has 0 heterocycles. The Kier molecular flexibility index (Phi) is 4.71. The van der Waals surface area contributed by atoms with Crippen molar-refractivity contribution in [3.8, 4) is 0 Å². The van der Waals surface area contributed by atoms with Gasteiger partial charge in [0.25, 0.3) is 0 Å². The van der Waals surface area contributed by atoms with Gasteiger partial charge in [0, 0.05) is 17.9 Å². The van der Waals surface area contributed by atoms with Gasteiger partial charge in [-0.05, 0) is 30.9 Å². The summed E-state index contributed by atoms with van der Waals surface area (Å²) in [7, 11) is 0. The Bertz CT molecular complexity index is 945. The first-order chi connectivity index (χ1) is 13.6. The molecule has 1 saturated carbocycles. The first kappa shape index (κ1) is 18.4. The van der Waals surface area contributed by atoms with Crippen molar-refractivity contribution < 1.29 is 19.1 Å². The van der Waals surface area contributed by atoms with E-state index in [9.17, 15) is 14.4 Å². The third-order valence-electron chi connectivity index (χ3n) is 5.90. The number of carbonyl (C=O) groups is 3. The van der Waals surface area contributed by atoms with Crippen molar-refractivity contribution in [2.45, 2.75) is 25.7 Å². The minimum Gasteiger partial charge on any atom is -0.465 e. The SMILES string of the molecule is CCOC(=O)[C@]1(C(=O)c2ccccc2)CC2=CC(=O)C[C@@H]2[C@H]1c1ccccc1. The Morgan fingerprint density at radius 3 is 2.32 bits per heavy atom. The van der Waals surface area contributed by atoms with Gasteiger partial charge < -0.3 is 4.74 Å². The second-order valence-corrected chi connectivity index (χ2v) is 7.45. The number of carbonyl (C=O) groups excluding carboxylic acids is 3. The van der Waals surface area contributed by atoms with Crippen molar-refractivity contribution in [1.29, 1.82) is 0 Å². The number of hydrogen-bond acceptors (Lipinski definition) is 4. The highest BCUT2D eigenvalue weighted by atomic mass is 16.5. The molecule has 4 heteroatoms. The van der Waals surface area contributed by atoms with E-state index in [1.54, 1.807) is 37.3 Å². The Labute approximate surface area is 164 Å². The number of allylic oxidation sites excluding steroid dienone is 2. The van der Waals surface area contributed by atoms with Gasteiger partial charge in [-0.3, -0.25) is 14.4 Å². The summed E-state index contributed by atoms with van der Waals surface area (Å²) in [6.07, 6.45) is 2.19. The first-order valence-corrected chi connectivity index (χ1v) is 9.63. The van der Waals surface area contributed by atoms with Gasteiger partial charge in [-0.2, -0.15) is 0 Å². The molecule has 0 unspecified atom stereocenters. The molecule has 2 aromatic carbocycles. The molecule has 0 amide bonds. The molecule has 0 N–H and O–H groups in total. The molecule has 0 saturated heterocycles. The fourth-order valence-electron chi connectivity index (χ4n) is 4.81. The minimum atomic E-state index is -1.35. The van der Waals surface area contributed by atoms with Gasteiger partial charge in [0.1, 0.15) is 5.41 Å². The standard InChI is InChI=1S/C24H22O4/c1-2-28-23(27)24(22(26)17-11-7-4-8-12-17)15-18-13-19(25)14-20(18)21(24)16-9-5-3-6-10-16/h3-13,20-21H,2,14-15H2,1H3/t20-,21+,24+/m0/s1. The Morgan fingerprint density at radius 1 is 1.04 bits per heavy atom. The fraction of sp³-hybridized carbons (Fsp3) is 0.292. The van der Waals surface area contributed by atoms with Crippen LogP contribution >= 0.6 is 0 Å². The van der Waals surface area contributed by atoms with Crippen LogP contribution in [0, 0.1) is 11.3 Å².